The molecule has 2 amide bonds. The standard InChI is InChI=1S/C24H28N4O5/c1-31-17-6-4-16(5-7-17)27-10-12-28(13-11-27)22(29)15-25-24(30)19-14-18-20(32-2)8-9-21(33-3)23(18)26-19/h4-9,14,26H,10-13,15H2,1-3H3,(H,25,30). The van der Waals surface area contributed by atoms with E-state index in [1.54, 1.807) is 44.4 Å². The van der Waals surface area contributed by atoms with Crippen LogP contribution in [0.3, 0.4) is 0 Å². The Balaban J connectivity index is 1.33. The Kier molecular flexibility index (Phi) is 6.58. The van der Waals surface area contributed by atoms with Crippen LogP contribution in [0, 0.1) is 0 Å². The number of benzene rings is 2. The number of rotatable bonds is 7. The second-order valence-corrected chi connectivity index (χ2v) is 7.69. The van der Waals surface area contributed by atoms with Gasteiger partial charge in [-0.1, -0.05) is 0 Å². The van der Waals surface area contributed by atoms with Gasteiger partial charge in [0.15, 0.2) is 0 Å². The molecule has 0 unspecified atom stereocenters. The molecule has 2 N–H and O–H groups in total. The molecule has 4 rings (SSSR count). The molecule has 174 valence electrons. The number of aromatic nitrogens is 1. The largest absolute Gasteiger partial charge is 0.497 e. The molecular weight excluding hydrogens is 424 g/mol. The summed E-state index contributed by atoms with van der Waals surface area (Å²) in [7, 11) is 4.78. The fraction of sp³-hybridized carbons (Fsp3) is 0.333. The highest BCUT2D eigenvalue weighted by Gasteiger charge is 2.22. The number of hydrogen-bond donors (Lipinski definition) is 2. The van der Waals surface area contributed by atoms with E-state index in [2.05, 4.69) is 15.2 Å². The number of fused-ring (bicyclic) bond motifs is 1. The summed E-state index contributed by atoms with van der Waals surface area (Å²) in [5, 5.41) is 3.46. The molecule has 9 nitrogen and oxygen atoms in total. The summed E-state index contributed by atoms with van der Waals surface area (Å²) in [5.41, 5.74) is 2.11. The van der Waals surface area contributed by atoms with Gasteiger partial charge in [0.2, 0.25) is 5.91 Å². The van der Waals surface area contributed by atoms with Crippen molar-refractivity contribution in [1.82, 2.24) is 15.2 Å². The predicted octanol–water partition coefficient (Wildman–Crippen LogP) is 2.27. The number of nitrogens with zero attached hydrogens (tertiary/aromatic N) is 2. The first-order chi connectivity index (χ1) is 16.0. The van der Waals surface area contributed by atoms with Gasteiger partial charge in [-0.15, -0.1) is 0 Å². The zero-order chi connectivity index (χ0) is 23.4. The summed E-state index contributed by atoms with van der Waals surface area (Å²) < 4.78 is 15.9. The van der Waals surface area contributed by atoms with Crippen molar-refractivity contribution in [3.05, 3.63) is 48.2 Å². The molecule has 1 fully saturated rings. The van der Waals surface area contributed by atoms with Crippen LogP contribution in [0.4, 0.5) is 5.69 Å². The second-order valence-electron chi connectivity index (χ2n) is 7.69. The Morgan fingerprint density at radius 3 is 2.21 bits per heavy atom. The summed E-state index contributed by atoms with van der Waals surface area (Å²) in [5.74, 6) is 1.59. The zero-order valence-corrected chi connectivity index (χ0v) is 19.0. The van der Waals surface area contributed by atoms with Crippen molar-refractivity contribution in [2.75, 3.05) is 59.0 Å². The third-order valence-corrected chi connectivity index (χ3v) is 5.87. The van der Waals surface area contributed by atoms with Gasteiger partial charge in [0.05, 0.1) is 33.4 Å². The lowest BCUT2D eigenvalue weighted by Crippen LogP contribution is -2.51. The third kappa shape index (κ3) is 4.67. The average molecular weight is 453 g/mol. The SMILES string of the molecule is COc1ccc(N2CCN(C(=O)CNC(=O)c3cc4c(OC)ccc(OC)c4[nH]3)CC2)cc1. The molecule has 0 radical (unpaired) electrons. The van der Waals surface area contributed by atoms with E-state index in [1.807, 2.05) is 24.3 Å². The van der Waals surface area contributed by atoms with Gasteiger partial charge in [0.1, 0.15) is 22.9 Å². The number of anilines is 1. The molecule has 0 spiro atoms. The van der Waals surface area contributed by atoms with E-state index in [-0.39, 0.29) is 18.4 Å². The Morgan fingerprint density at radius 2 is 1.58 bits per heavy atom. The molecule has 33 heavy (non-hydrogen) atoms. The zero-order valence-electron chi connectivity index (χ0n) is 19.0. The van der Waals surface area contributed by atoms with Crippen LogP contribution in [0.15, 0.2) is 42.5 Å². The maximum absolute atomic E-state index is 12.7. The lowest BCUT2D eigenvalue weighted by atomic mass is 10.2. The van der Waals surface area contributed by atoms with E-state index in [0.29, 0.717) is 35.8 Å². The van der Waals surface area contributed by atoms with E-state index < -0.39 is 0 Å². The summed E-state index contributed by atoms with van der Waals surface area (Å²) in [6, 6.07) is 13.1. The highest BCUT2D eigenvalue weighted by molar-refractivity contribution is 6.02. The fourth-order valence-corrected chi connectivity index (χ4v) is 4.01. The molecular formula is C24H28N4O5. The number of hydrogen-bond acceptors (Lipinski definition) is 6. The van der Waals surface area contributed by atoms with Crippen molar-refractivity contribution in [1.29, 1.82) is 0 Å². The maximum Gasteiger partial charge on any atom is 0.268 e. The first kappa shape index (κ1) is 22.3. The van der Waals surface area contributed by atoms with Crippen LogP contribution < -0.4 is 24.4 Å². The molecule has 0 bridgehead atoms. The van der Waals surface area contributed by atoms with Gasteiger partial charge in [-0.05, 0) is 42.5 Å². The highest BCUT2D eigenvalue weighted by atomic mass is 16.5. The van der Waals surface area contributed by atoms with Gasteiger partial charge in [-0.2, -0.15) is 0 Å². The minimum atomic E-state index is -0.361. The quantitative estimate of drug-likeness (QED) is 0.571. The molecule has 2 heterocycles. The first-order valence-electron chi connectivity index (χ1n) is 10.7. The molecule has 2 aromatic carbocycles. The number of carbonyl (C=O) groups excluding carboxylic acids is 2. The number of amides is 2. The van der Waals surface area contributed by atoms with Crippen LogP contribution in [0.5, 0.6) is 17.2 Å². The van der Waals surface area contributed by atoms with Gasteiger partial charge in [0, 0.05) is 37.3 Å². The van der Waals surface area contributed by atoms with Crippen LogP contribution in [-0.4, -0.2) is 75.8 Å². The molecule has 0 saturated carbocycles. The normalized spacial score (nSPS) is 13.7. The van der Waals surface area contributed by atoms with Crippen LogP contribution in [-0.2, 0) is 4.79 Å². The van der Waals surface area contributed by atoms with Crippen LogP contribution >= 0.6 is 0 Å². The average Bonchev–Trinajstić information content (AvgIpc) is 3.32. The van der Waals surface area contributed by atoms with E-state index in [0.717, 1.165) is 29.9 Å². The Bertz CT molecular complexity index is 1090. The molecule has 0 atom stereocenters. The monoisotopic (exact) mass is 452 g/mol. The lowest BCUT2D eigenvalue weighted by molar-refractivity contribution is -0.130. The smallest absolute Gasteiger partial charge is 0.268 e. The van der Waals surface area contributed by atoms with Gasteiger partial charge in [-0.25, -0.2) is 0 Å². The van der Waals surface area contributed by atoms with Crippen molar-refractivity contribution in [2.45, 2.75) is 0 Å². The number of piperazine rings is 1. The Labute approximate surface area is 192 Å². The van der Waals surface area contributed by atoms with E-state index >= 15 is 0 Å². The number of H-pyrrole nitrogens is 1. The molecule has 1 aromatic heterocycles. The summed E-state index contributed by atoms with van der Waals surface area (Å²) >= 11 is 0. The van der Waals surface area contributed by atoms with Gasteiger partial charge in [0.25, 0.3) is 5.91 Å². The minimum Gasteiger partial charge on any atom is -0.497 e. The fourth-order valence-electron chi connectivity index (χ4n) is 4.01. The Hall–Kier alpha value is -3.88. The van der Waals surface area contributed by atoms with Gasteiger partial charge >= 0.3 is 0 Å². The van der Waals surface area contributed by atoms with Crippen molar-refractivity contribution in [3.63, 3.8) is 0 Å². The highest BCUT2D eigenvalue weighted by Crippen LogP contribution is 2.33. The van der Waals surface area contributed by atoms with Gasteiger partial charge < -0.3 is 34.3 Å². The first-order valence-corrected chi connectivity index (χ1v) is 10.7. The second kappa shape index (κ2) is 9.72. The van der Waals surface area contributed by atoms with Crippen LogP contribution in [0.2, 0.25) is 0 Å². The van der Waals surface area contributed by atoms with Crippen molar-refractivity contribution < 1.29 is 23.8 Å². The summed E-state index contributed by atoms with van der Waals surface area (Å²) in [4.78, 5) is 32.4. The summed E-state index contributed by atoms with van der Waals surface area (Å²) in [6.45, 7) is 2.59. The number of nitrogens with one attached hydrogen (secondary N) is 2. The van der Waals surface area contributed by atoms with E-state index in [1.165, 1.54) is 0 Å². The number of ether oxygens (including phenoxy) is 3. The Morgan fingerprint density at radius 1 is 0.909 bits per heavy atom. The van der Waals surface area contributed by atoms with Crippen molar-refractivity contribution in [3.8, 4) is 17.2 Å². The lowest BCUT2D eigenvalue weighted by Gasteiger charge is -2.36. The molecule has 1 aliphatic rings. The predicted molar refractivity (Wildman–Crippen MR) is 126 cm³/mol. The molecule has 0 aliphatic carbocycles. The van der Waals surface area contributed by atoms with E-state index in [4.69, 9.17) is 14.2 Å². The molecule has 9 heteroatoms. The van der Waals surface area contributed by atoms with Crippen LogP contribution in [0.1, 0.15) is 10.5 Å². The number of aromatic amines is 1. The van der Waals surface area contributed by atoms with Crippen molar-refractivity contribution in [2.24, 2.45) is 0 Å². The van der Waals surface area contributed by atoms with Crippen LogP contribution in [0.25, 0.3) is 10.9 Å². The minimum absolute atomic E-state index is 0.0645. The topological polar surface area (TPSA) is 96.1 Å². The third-order valence-electron chi connectivity index (χ3n) is 5.87. The maximum atomic E-state index is 12.7. The number of methoxy groups -OCH3 is 3. The van der Waals surface area contributed by atoms with Gasteiger partial charge in [-0.3, -0.25) is 9.59 Å². The summed E-state index contributed by atoms with van der Waals surface area (Å²) in [6.07, 6.45) is 0. The van der Waals surface area contributed by atoms with Crippen molar-refractivity contribution >= 4 is 28.4 Å². The molecule has 1 saturated heterocycles. The number of carbonyl (C=O) groups is 2. The molecule has 1 aliphatic heterocycles. The van der Waals surface area contributed by atoms with E-state index in [9.17, 15) is 9.59 Å². The molecule has 3 aromatic rings.